The summed E-state index contributed by atoms with van der Waals surface area (Å²) in [6, 6.07) is 9.94. The summed E-state index contributed by atoms with van der Waals surface area (Å²) < 4.78 is 0. The second-order valence-electron chi connectivity index (χ2n) is 7.04. The van der Waals surface area contributed by atoms with E-state index in [1.54, 1.807) is 0 Å². The first-order valence-electron chi connectivity index (χ1n) is 9.43. The normalized spacial score (nSPS) is 16.6. The van der Waals surface area contributed by atoms with Gasteiger partial charge in [0.25, 0.3) is 0 Å². The molecule has 1 aliphatic rings. The Morgan fingerprint density at radius 3 is 2.40 bits per heavy atom. The van der Waals surface area contributed by atoms with E-state index in [-0.39, 0.29) is 24.0 Å². The zero-order valence-electron chi connectivity index (χ0n) is 16.2. The van der Waals surface area contributed by atoms with E-state index >= 15 is 0 Å². The molecular weight excluding hydrogens is 423 g/mol. The summed E-state index contributed by atoms with van der Waals surface area (Å²) in [4.78, 5) is 7.32. The maximum Gasteiger partial charge on any atom is 0.191 e. The standard InChI is InChI=1S/C20H34N4.HI/c1-5-21-20(22-13-10-18-8-6-17(4)7-9-18)23-19-11-14-24(15-12-19)16(2)3;/h6-9,16,19H,5,10-15H2,1-4H3,(H2,21,22,23);1H. The van der Waals surface area contributed by atoms with Gasteiger partial charge in [-0.1, -0.05) is 29.8 Å². The van der Waals surface area contributed by atoms with Crippen molar-refractivity contribution >= 4 is 29.9 Å². The number of guanidine groups is 1. The third-order valence-corrected chi connectivity index (χ3v) is 4.74. The lowest BCUT2D eigenvalue weighted by molar-refractivity contribution is 0.167. The Hall–Kier alpha value is -0.820. The number of hydrogen-bond acceptors (Lipinski definition) is 2. The molecule has 5 heteroatoms. The second kappa shape index (κ2) is 11.7. The van der Waals surface area contributed by atoms with Gasteiger partial charge in [-0.05, 0) is 52.5 Å². The van der Waals surface area contributed by atoms with Crippen molar-refractivity contribution in [1.82, 2.24) is 15.5 Å². The Balaban J connectivity index is 0.00000312. The third-order valence-electron chi connectivity index (χ3n) is 4.74. The number of aryl methyl sites for hydroxylation is 1. The van der Waals surface area contributed by atoms with Gasteiger partial charge in [-0.15, -0.1) is 24.0 Å². The summed E-state index contributed by atoms with van der Waals surface area (Å²) in [5.41, 5.74) is 2.66. The third kappa shape index (κ3) is 7.94. The minimum atomic E-state index is 0. The van der Waals surface area contributed by atoms with Gasteiger partial charge in [0, 0.05) is 38.3 Å². The topological polar surface area (TPSA) is 39.7 Å². The lowest BCUT2D eigenvalue weighted by atomic mass is 10.0. The number of rotatable bonds is 6. The van der Waals surface area contributed by atoms with Crippen molar-refractivity contribution in [1.29, 1.82) is 0 Å². The number of nitrogens with zero attached hydrogens (tertiary/aromatic N) is 2. The van der Waals surface area contributed by atoms with Crippen LogP contribution < -0.4 is 10.6 Å². The van der Waals surface area contributed by atoms with Crippen LogP contribution in [0.3, 0.4) is 0 Å². The number of likely N-dealkylation sites (tertiary alicyclic amines) is 1. The Morgan fingerprint density at radius 2 is 1.84 bits per heavy atom. The van der Waals surface area contributed by atoms with Crippen molar-refractivity contribution in [3.8, 4) is 0 Å². The monoisotopic (exact) mass is 458 g/mol. The molecule has 0 atom stereocenters. The molecule has 2 rings (SSSR count). The molecule has 1 aliphatic heterocycles. The molecule has 142 valence electrons. The van der Waals surface area contributed by atoms with Crippen LogP contribution in [0.2, 0.25) is 0 Å². The van der Waals surface area contributed by atoms with Crippen molar-refractivity contribution in [2.75, 3.05) is 26.2 Å². The zero-order valence-corrected chi connectivity index (χ0v) is 18.5. The van der Waals surface area contributed by atoms with Crippen molar-refractivity contribution in [2.45, 2.75) is 59.0 Å². The van der Waals surface area contributed by atoms with E-state index in [1.807, 2.05) is 0 Å². The van der Waals surface area contributed by atoms with E-state index in [9.17, 15) is 0 Å². The molecule has 1 heterocycles. The molecule has 25 heavy (non-hydrogen) atoms. The molecule has 0 aliphatic carbocycles. The van der Waals surface area contributed by atoms with E-state index in [0.29, 0.717) is 12.1 Å². The van der Waals surface area contributed by atoms with Crippen LogP contribution in [0, 0.1) is 6.92 Å². The molecule has 0 spiro atoms. The molecule has 0 radical (unpaired) electrons. The molecular formula is C20H35IN4. The summed E-state index contributed by atoms with van der Waals surface area (Å²) in [6.45, 7) is 12.9. The van der Waals surface area contributed by atoms with Crippen LogP contribution >= 0.6 is 24.0 Å². The minimum Gasteiger partial charge on any atom is -0.357 e. The van der Waals surface area contributed by atoms with Crippen LogP contribution in [0.5, 0.6) is 0 Å². The highest BCUT2D eigenvalue weighted by atomic mass is 127. The van der Waals surface area contributed by atoms with Crippen LogP contribution in [0.1, 0.15) is 44.7 Å². The Morgan fingerprint density at radius 1 is 1.20 bits per heavy atom. The average molecular weight is 458 g/mol. The maximum absolute atomic E-state index is 4.76. The molecule has 0 aromatic heterocycles. The fraction of sp³-hybridized carbons (Fsp3) is 0.650. The molecule has 1 aromatic rings. The Labute approximate surface area is 170 Å². The van der Waals surface area contributed by atoms with Gasteiger partial charge < -0.3 is 15.5 Å². The first-order chi connectivity index (χ1) is 11.6. The Kier molecular flexibility index (Phi) is 10.4. The quantitative estimate of drug-likeness (QED) is 0.389. The van der Waals surface area contributed by atoms with Gasteiger partial charge in [0.2, 0.25) is 0 Å². The summed E-state index contributed by atoms with van der Waals surface area (Å²) >= 11 is 0. The van der Waals surface area contributed by atoms with Crippen molar-refractivity contribution < 1.29 is 0 Å². The van der Waals surface area contributed by atoms with Gasteiger partial charge in [-0.2, -0.15) is 0 Å². The molecule has 4 nitrogen and oxygen atoms in total. The summed E-state index contributed by atoms with van der Waals surface area (Å²) in [7, 11) is 0. The van der Waals surface area contributed by atoms with Gasteiger partial charge in [0.15, 0.2) is 5.96 Å². The highest BCUT2D eigenvalue weighted by Gasteiger charge is 2.21. The van der Waals surface area contributed by atoms with Crippen LogP contribution in [-0.4, -0.2) is 49.1 Å². The number of hydrogen-bond donors (Lipinski definition) is 2. The number of aliphatic imine (C=N–C) groups is 1. The molecule has 1 saturated heterocycles. The summed E-state index contributed by atoms with van der Waals surface area (Å²) in [5, 5.41) is 7.01. The van der Waals surface area contributed by atoms with Gasteiger partial charge in [0.1, 0.15) is 0 Å². The number of benzene rings is 1. The van der Waals surface area contributed by atoms with E-state index in [0.717, 1.165) is 25.5 Å². The van der Waals surface area contributed by atoms with Crippen molar-refractivity contribution in [3.63, 3.8) is 0 Å². The molecule has 0 bridgehead atoms. The van der Waals surface area contributed by atoms with E-state index in [4.69, 9.17) is 4.99 Å². The van der Waals surface area contributed by atoms with Crippen LogP contribution in [0.15, 0.2) is 29.3 Å². The van der Waals surface area contributed by atoms with E-state index in [2.05, 4.69) is 67.5 Å². The molecule has 0 saturated carbocycles. The molecule has 1 fully saturated rings. The van der Waals surface area contributed by atoms with Crippen LogP contribution in [0.4, 0.5) is 0 Å². The SMILES string of the molecule is CCNC(=NCCc1ccc(C)cc1)NC1CCN(C(C)C)CC1.I. The van der Waals surface area contributed by atoms with Crippen molar-refractivity contribution in [2.24, 2.45) is 4.99 Å². The van der Waals surface area contributed by atoms with Crippen LogP contribution in [0.25, 0.3) is 0 Å². The highest BCUT2D eigenvalue weighted by molar-refractivity contribution is 14.0. The molecule has 2 N–H and O–H groups in total. The van der Waals surface area contributed by atoms with Gasteiger partial charge in [-0.3, -0.25) is 4.99 Å². The highest BCUT2D eigenvalue weighted by Crippen LogP contribution is 2.12. The molecule has 1 aromatic carbocycles. The average Bonchev–Trinajstić information content (AvgIpc) is 2.57. The summed E-state index contributed by atoms with van der Waals surface area (Å²) in [6.07, 6.45) is 3.38. The lowest BCUT2D eigenvalue weighted by Crippen LogP contribution is -2.49. The van der Waals surface area contributed by atoms with E-state index < -0.39 is 0 Å². The van der Waals surface area contributed by atoms with Gasteiger partial charge in [0.05, 0.1) is 0 Å². The summed E-state index contributed by atoms with van der Waals surface area (Å²) in [5.74, 6) is 0.965. The second-order valence-corrected chi connectivity index (χ2v) is 7.04. The van der Waals surface area contributed by atoms with Crippen molar-refractivity contribution in [3.05, 3.63) is 35.4 Å². The molecule has 0 unspecified atom stereocenters. The Bertz CT molecular complexity index is 505. The largest absolute Gasteiger partial charge is 0.357 e. The van der Waals surface area contributed by atoms with Gasteiger partial charge in [-0.25, -0.2) is 0 Å². The van der Waals surface area contributed by atoms with Gasteiger partial charge >= 0.3 is 0 Å². The van der Waals surface area contributed by atoms with Crippen LogP contribution in [-0.2, 0) is 6.42 Å². The first-order valence-corrected chi connectivity index (χ1v) is 9.43. The predicted molar refractivity (Wildman–Crippen MR) is 119 cm³/mol. The smallest absolute Gasteiger partial charge is 0.191 e. The maximum atomic E-state index is 4.76. The number of nitrogens with one attached hydrogen (secondary N) is 2. The number of halogens is 1. The fourth-order valence-electron chi connectivity index (χ4n) is 3.13. The zero-order chi connectivity index (χ0) is 17.4. The molecule has 0 amide bonds. The lowest BCUT2D eigenvalue weighted by Gasteiger charge is -2.35. The first kappa shape index (κ1) is 22.2. The fourth-order valence-corrected chi connectivity index (χ4v) is 3.13. The van der Waals surface area contributed by atoms with E-state index in [1.165, 1.54) is 37.1 Å². The predicted octanol–water partition coefficient (Wildman–Crippen LogP) is 3.58. The number of piperidine rings is 1. The minimum absolute atomic E-state index is 0.